The van der Waals surface area contributed by atoms with E-state index in [9.17, 15) is 0 Å². The van der Waals surface area contributed by atoms with E-state index in [2.05, 4.69) is 36.0 Å². The van der Waals surface area contributed by atoms with Crippen LogP contribution in [0.3, 0.4) is 0 Å². The molecule has 2 rings (SSSR count). The molecule has 0 spiro atoms. The van der Waals surface area contributed by atoms with E-state index in [4.69, 9.17) is 4.74 Å². The molecule has 1 aromatic heterocycles. The maximum Gasteiger partial charge on any atom is 0.185 e. The number of hydrogen-bond acceptors (Lipinski definition) is 5. The molecule has 1 aromatic rings. The lowest BCUT2D eigenvalue weighted by Crippen LogP contribution is -2.31. The van der Waals surface area contributed by atoms with Gasteiger partial charge in [0, 0.05) is 36.8 Å². The molecule has 2 atom stereocenters. The fraction of sp³-hybridized carbons (Fsp3) is 0.786. The van der Waals surface area contributed by atoms with Gasteiger partial charge in [-0.25, -0.2) is 4.98 Å². The normalized spacial score (nSPS) is 20.7. The van der Waals surface area contributed by atoms with Gasteiger partial charge >= 0.3 is 0 Å². The molecule has 19 heavy (non-hydrogen) atoms. The number of ether oxygens (including phenoxy) is 1. The zero-order valence-corrected chi connectivity index (χ0v) is 13.0. The van der Waals surface area contributed by atoms with Gasteiger partial charge < -0.3 is 15.0 Å². The van der Waals surface area contributed by atoms with Crippen LogP contribution in [-0.2, 0) is 4.74 Å². The smallest absolute Gasteiger partial charge is 0.185 e. The number of hydrogen-bond donors (Lipinski definition) is 1. The molecule has 5 heteroatoms. The average molecular weight is 283 g/mol. The van der Waals surface area contributed by atoms with E-state index in [-0.39, 0.29) is 0 Å². The van der Waals surface area contributed by atoms with Gasteiger partial charge in [0.1, 0.15) is 0 Å². The van der Waals surface area contributed by atoms with Crippen LogP contribution >= 0.6 is 11.3 Å². The number of aromatic nitrogens is 1. The maximum absolute atomic E-state index is 5.72. The van der Waals surface area contributed by atoms with Crippen molar-refractivity contribution in [1.82, 2.24) is 10.3 Å². The molecule has 2 unspecified atom stereocenters. The van der Waals surface area contributed by atoms with E-state index in [0.29, 0.717) is 12.1 Å². The second-order valence-electron chi connectivity index (χ2n) is 5.00. The highest BCUT2D eigenvalue weighted by Gasteiger charge is 2.20. The Kier molecular flexibility index (Phi) is 5.60. The summed E-state index contributed by atoms with van der Waals surface area (Å²) in [7, 11) is 0. The zero-order chi connectivity index (χ0) is 13.7. The molecule has 1 aliphatic rings. The van der Waals surface area contributed by atoms with Crippen molar-refractivity contribution >= 4 is 16.5 Å². The molecule has 1 aliphatic heterocycles. The highest BCUT2D eigenvalue weighted by Crippen LogP contribution is 2.28. The first-order valence-electron chi connectivity index (χ1n) is 7.30. The van der Waals surface area contributed by atoms with Crippen LogP contribution in [0.5, 0.6) is 0 Å². The third kappa shape index (κ3) is 3.91. The molecule has 0 radical (unpaired) electrons. The molecular formula is C14H25N3OS. The zero-order valence-electron chi connectivity index (χ0n) is 12.2. The molecule has 0 bridgehead atoms. The fourth-order valence-electron chi connectivity index (χ4n) is 2.41. The number of likely N-dealkylation sites (N-methyl/N-ethyl adjacent to an activating group) is 1. The topological polar surface area (TPSA) is 37.4 Å². The summed E-state index contributed by atoms with van der Waals surface area (Å²) in [5.74, 6) is 0. The van der Waals surface area contributed by atoms with Crippen molar-refractivity contribution in [2.45, 2.75) is 45.8 Å². The third-order valence-corrected chi connectivity index (χ3v) is 4.79. The first-order chi connectivity index (χ1) is 9.24. The van der Waals surface area contributed by atoms with Crippen LogP contribution in [0, 0.1) is 0 Å². The molecule has 2 heterocycles. The van der Waals surface area contributed by atoms with Crippen LogP contribution in [-0.4, -0.2) is 37.3 Å². The predicted octanol–water partition coefficient (Wildman–Crippen LogP) is 2.82. The average Bonchev–Trinajstić information content (AvgIpc) is 3.07. The van der Waals surface area contributed by atoms with Gasteiger partial charge in [0.05, 0.1) is 6.10 Å². The number of nitrogens with one attached hydrogen (secondary N) is 1. The van der Waals surface area contributed by atoms with Gasteiger partial charge in [-0.05, 0) is 33.2 Å². The Bertz CT molecular complexity index is 377. The number of nitrogens with zero attached hydrogens (tertiary/aromatic N) is 2. The molecule has 108 valence electrons. The van der Waals surface area contributed by atoms with Gasteiger partial charge in [-0.1, -0.05) is 6.92 Å². The van der Waals surface area contributed by atoms with Crippen LogP contribution in [0.25, 0.3) is 0 Å². The lowest BCUT2D eigenvalue weighted by molar-refractivity contribution is 0.115. The largest absolute Gasteiger partial charge is 0.376 e. The molecular weight excluding hydrogens is 258 g/mol. The van der Waals surface area contributed by atoms with E-state index in [1.54, 1.807) is 11.3 Å². The third-order valence-electron chi connectivity index (χ3n) is 3.55. The minimum absolute atomic E-state index is 0.387. The second-order valence-corrected chi connectivity index (χ2v) is 6.04. The monoisotopic (exact) mass is 283 g/mol. The summed E-state index contributed by atoms with van der Waals surface area (Å²) in [5, 5.41) is 4.56. The molecule has 0 saturated carbocycles. The van der Waals surface area contributed by atoms with E-state index >= 15 is 0 Å². The Morgan fingerprint density at radius 3 is 3.05 bits per heavy atom. The van der Waals surface area contributed by atoms with Gasteiger partial charge in [-0.15, -0.1) is 11.3 Å². The highest BCUT2D eigenvalue weighted by atomic mass is 32.1. The van der Waals surface area contributed by atoms with Crippen molar-refractivity contribution in [3.63, 3.8) is 0 Å². The SMILES string of the molecule is CCNC(C)c1cnc(N(CC)CC2CCCO2)s1. The van der Waals surface area contributed by atoms with Gasteiger partial charge in [0.2, 0.25) is 0 Å². The summed E-state index contributed by atoms with van der Waals surface area (Å²) in [6.45, 7) is 10.4. The fourth-order valence-corrected chi connectivity index (χ4v) is 3.42. The molecule has 1 N–H and O–H groups in total. The summed E-state index contributed by atoms with van der Waals surface area (Å²) in [4.78, 5) is 8.23. The van der Waals surface area contributed by atoms with Crippen LogP contribution in [0.1, 0.15) is 44.5 Å². The van der Waals surface area contributed by atoms with Crippen molar-refractivity contribution in [3.05, 3.63) is 11.1 Å². The van der Waals surface area contributed by atoms with E-state index in [0.717, 1.165) is 31.4 Å². The Hall–Kier alpha value is -0.650. The molecule has 0 amide bonds. The number of anilines is 1. The number of thiazole rings is 1. The second kappa shape index (κ2) is 7.22. The van der Waals surface area contributed by atoms with Crippen molar-refractivity contribution in [3.8, 4) is 0 Å². The van der Waals surface area contributed by atoms with Crippen molar-refractivity contribution in [2.75, 3.05) is 31.1 Å². The summed E-state index contributed by atoms with van der Waals surface area (Å²) in [6, 6.07) is 0.387. The van der Waals surface area contributed by atoms with E-state index in [1.165, 1.54) is 17.7 Å². The summed E-state index contributed by atoms with van der Waals surface area (Å²) in [6.07, 6.45) is 4.77. The first-order valence-corrected chi connectivity index (χ1v) is 8.11. The van der Waals surface area contributed by atoms with Crippen LogP contribution < -0.4 is 10.2 Å². The Morgan fingerprint density at radius 1 is 1.58 bits per heavy atom. The van der Waals surface area contributed by atoms with E-state index in [1.807, 2.05) is 6.20 Å². The van der Waals surface area contributed by atoms with Crippen LogP contribution in [0.15, 0.2) is 6.20 Å². The van der Waals surface area contributed by atoms with Gasteiger partial charge in [-0.2, -0.15) is 0 Å². The Balaban J connectivity index is 1.97. The molecule has 1 fully saturated rings. The highest BCUT2D eigenvalue weighted by molar-refractivity contribution is 7.15. The van der Waals surface area contributed by atoms with Crippen molar-refractivity contribution in [1.29, 1.82) is 0 Å². The van der Waals surface area contributed by atoms with Crippen molar-refractivity contribution in [2.24, 2.45) is 0 Å². The summed E-state index contributed by atoms with van der Waals surface area (Å²) < 4.78 is 5.72. The first kappa shape index (κ1) is 14.8. The standard InChI is InChI=1S/C14H25N3OS/c1-4-15-11(3)13-9-16-14(19-13)17(5-2)10-12-7-6-8-18-12/h9,11-12,15H,4-8,10H2,1-3H3. The molecule has 4 nitrogen and oxygen atoms in total. The Labute approximate surface area is 120 Å². The minimum atomic E-state index is 0.387. The van der Waals surface area contributed by atoms with E-state index < -0.39 is 0 Å². The van der Waals surface area contributed by atoms with Crippen LogP contribution in [0.4, 0.5) is 5.13 Å². The summed E-state index contributed by atoms with van der Waals surface area (Å²) in [5.41, 5.74) is 0. The molecule has 0 aromatic carbocycles. The van der Waals surface area contributed by atoms with Crippen LogP contribution in [0.2, 0.25) is 0 Å². The van der Waals surface area contributed by atoms with Gasteiger partial charge in [0.25, 0.3) is 0 Å². The predicted molar refractivity (Wildman–Crippen MR) is 81.1 cm³/mol. The summed E-state index contributed by atoms with van der Waals surface area (Å²) >= 11 is 1.79. The lowest BCUT2D eigenvalue weighted by Gasteiger charge is -2.23. The quantitative estimate of drug-likeness (QED) is 0.835. The Morgan fingerprint density at radius 2 is 2.42 bits per heavy atom. The lowest BCUT2D eigenvalue weighted by atomic mass is 10.2. The van der Waals surface area contributed by atoms with Gasteiger partial charge in [-0.3, -0.25) is 0 Å². The van der Waals surface area contributed by atoms with Crippen molar-refractivity contribution < 1.29 is 4.74 Å². The minimum Gasteiger partial charge on any atom is -0.376 e. The van der Waals surface area contributed by atoms with Gasteiger partial charge in [0.15, 0.2) is 5.13 Å². The molecule has 0 aliphatic carbocycles. The molecule has 1 saturated heterocycles. The number of rotatable bonds is 7. The maximum atomic E-state index is 5.72.